The van der Waals surface area contributed by atoms with Crippen molar-refractivity contribution in [3.05, 3.63) is 34.9 Å². The van der Waals surface area contributed by atoms with Crippen LogP contribution in [0.3, 0.4) is 0 Å². The maximum Gasteiger partial charge on any atom is 0.338 e. The monoisotopic (exact) mass is 239 g/mol. The summed E-state index contributed by atoms with van der Waals surface area (Å²) in [5.74, 6) is 0.0340. The second-order valence-electron chi connectivity index (χ2n) is 3.33. The molecule has 1 aromatic carbocycles. The van der Waals surface area contributed by atoms with Crippen LogP contribution in [-0.4, -0.2) is 19.0 Å². The first kappa shape index (κ1) is 12.6. The number of carbonyl (C=O) groups excluding carboxylic acids is 1. The summed E-state index contributed by atoms with van der Waals surface area (Å²) < 4.78 is 4.69. The molecule has 0 amide bonds. The number of ether oxygens (including phenoxy) is 1. The van der Waals surface area contributed by atoms with E-state index >= 15 is 0 Å². The Kier molecular flexibility index (Phi) is 4.38. The number of nitrogen functional groups attached to an aromatic ring is 1. The third kappa shape index (κ3) is 2.76. The van der Waals surface area contributed by atoms with Crippen molar-refractivity contribution in [1.82, 2.24) is 0 Å². The van der Waals surface area contributed by atoms with Gasteiger partial charge >= 0.3 is 5.97 Å². The van der Waals surface area contributed by atoms with E-state index in [4.69, 9.17) is 17.3 Å². The van der Waals surface area contributed by atoms with E-state index < -0.39 is 0 Å². The Balaban J connectivity index is 3.22. The summed E-state index contributed by atoms with van der Waals surface area (Å²) in [6, 6.07) is 3.53. The molecule has 86 valence electrons. The van der Waals surface area contributed by atoms with Crippen LogP contribution in [-0.2, 0) is 4.74 Å². The van der Waals surface area contributed by atoms with Gasteiger partial charge in [0.2, 0.25) is 0 Å². The van der Waals surface area contributed by atoms with E-state index in [0.717, 1.165) is 11.1 Å². The van der Waals surface area contributed by atoms with E-state index in [0.29, 0.717) is 17.1 Å². The van der Waals surface area contributed by atoms with Crippen LogP contribution in [0.2, 0.25) is 0 Å². The molecule has 0 saturated carbocycles. The van der Waals surface area contributed by atoms with Crippen molar-refractivity contribution < 1.29 is 9.53 Å². The van der Waals surface area contributed by atoms with E-state index in [1.54, 1.807) is 25.1 Å². The Morgan fingerprint density at radius 3 is 2.81 bits per heavy atom. The molecule has 1 aromatic rings. The number of rotatable bonds is 3. The predicted octanol–water partition coefficient (Wildman–Crippen LogP) is 2.62. The van der Waals surface area contributed by atoms with Gasteiger partial charge in [0.15, 0.2) is 0 Å². The lowest BCUT2D eigenvalue weighted by atomic mass is 10.0. The zero-order valence-electron chi connectivity index (χ0n) is 9.29. The van der Waals surface area contributed by atoms with Gasteiger partial charge in [-0.3, -0.25) is 0 Å². The van der Waals surface area contributed by atoms with Crippen molar-refractivity contribution in [3.63, 3.8) is 0 Å². The van der Waals surface area contributed by atoms with E-state index in [1.807, 2.05) is 6.08 Å². The fourth-order valence-corrected chi connectivity index (χ4v) is 1.45. The van der Waals surface area contributed by atoms with Crippen LogP contribution in [0.4, 0.5) is 5.69 Å². The molecule has 3 nitrogen and oxygen atoms in total. The lowest BCUT2D eigenvalue weighted by Crippen LogP contribution is -2.06. The number of esters is 1. The second kappa shape index (κ2) is 5.56. The molecule has 2 N–H and O–H groups in total. The number of nitrogens with two attached hydrogens (primary N) is 1. The van der Waals surface area contributed by atoms with Crippen LogP contribution in [0, 0.1) is 6.92 Å². The third-order valence-corrected chi connectivity index (χ3v) is 2.45. The van der Waals surface area contributed by atoms with Crippen molar-refractivity contribution in [2.24, 2.45) is 0 Å². The molecule has 0 unspecified atom stereocenters. The van der Waals surface area contributed by atoms with Crippen molar-refractivity contribution in [3.8, 4) is 0 Å². The van der Waals surface area contributed by atoms with Crippen LogP contribution in [0.5, 0.6) is 0 Å². The molecule has 0 spiro atoms. The van der Waals surface area contributed by atoms with Crippen molar-refractivity contribution in [2.75, 3.05) is 18.7 Å². The Hall–Kier alpha value is -1.48. The van der Waals surface area contributed by atoms with Gasteiger partial charge in [0.1, 0.15) is 0 Å². The van der Waals surface area contributed by atoms with E-state index in [1.165, 1.54) is 7.11 Å². The van der Waals surface area contributed by atoms with Gasteiger partial charge in [-0.2, -0.15) is 0 Å². The van der Waals surface area contributed by atoms with Crippen LogP contribution in [0.25, 0.3) is 6.08 Å². The molecule has 4 heteroatoms. The fourth-order valence-electron chi connectivity index (χ4n) is 1.36. The van der Waals surface area contributed by atoms with Crippen LogP contribution in [0.15, 0.2) is 18.2 Å². The highest BCUT2D eigenvalue weighted by Crippen LogP contribution is 2.20. The minimum atomic E-state index is -0.384. The number of methoxy groups -OCH3 is 1. The Labute approximate surface area is 99.8 Å². The second-order valence-corrected chi connectivity index (χ2v) is 3.64. The molecule has 0 aliphatic rings. The Morgan fingerprint density at radius 2 is 2.25 bits per heavy atom. The van der Waals surface area contributed by atoms with Crippen molar-refractivity contribution in [2.45, 2.75) is 6.92 Å². The fraction of sp³-hybridized carbons (Fsp3) is 0.250. The summed E-state index contributed by atoms with van der Waals surface area (Å²) >= 11 is 5.54. The van der Waals surface area contributed by atoms with E-state index in [-0.39, 0.29) is 5.97 Å². The van der Waals surface area contributed by atoms with Gasteiger partial charge in [-0.1, -0.05) is 12.2 Å². The highest BCUT2D eigenvalue weighted by molar-refractivity contribution is 6.19. The van der Waals surface area contributed by atoms with Crippen molar-refractivity contribution in [1.29, 1.82) is 0 Å². The lowest BCUT2D eigenvalue weighted by Gasteiger charge is -2.08. The first-order valence-electron chi connectivity index (χ1n) is 4.81. The average Bonchev–Trinajstić information content (AvgIpc) is 2.29. The molecule has 0 aliphatic carbocycles. The van der Waals surface area contributed by atoms with Gasteiger partial charge in [-0.05, 0) is 30.2 Å². The van der Waals surface area contributed by atoms with Gasteiger partial charge in [-0.25, -0.2) is 4.79 Å². The lowest BCUT2D eigenvalue weighted by molar-refractivity contribution is 0.0600. The SMILES string of the molecule is COC(=O)c1cc(C=CCCl)cc(N)c1C. The number of carbonyl (C=O) groups is 1. The molecule has 0 fully saturated rings. The first-order chi connectivity index (χ1) is 7.60. The minimum Gasteiger partial charge on any atom is -0.465 e. The van der Waals surface area contributed by atoms with Gasteiger partial charge in [0.05, 0.1) is 12.7 Å². The van der Waals surface area contributed by atoms with Crippen molar-refractivity contribution >= 4 is 29.3 Å². The summed E-state index contributed by atoms with van der Waals surface area (Å²) in [5, 5.41) is 0. The highest BCUT2D eigenvalue weighted by atomic mass is 35.5. The molecule has 0 aliphatic heterocycles. The van der Waals surface area contributed by atoms with E-state index in [2.05, 4.69) is 4.74 Å². The van der Waals surface area contributed by atoms with Gasteiger partial charge < -0.3 is 10.5 Å². The van der Waals surface area contributed by atoms with Gasteiger partial charge in [-0.15, -0.1) is 11.6 Å². The maximum atomic E-state index is 11.5. The normalized spacial score (nSPS) is 10.7. The molecular weight excluding hydrogens is 226 g/mol. The predicted molar refractivity (Wildman–Crippen MR) is 66.7 cm³/mol. The number of halogens is 1. The van der Waals surface area contributed by atoms with E-state index in [9.17, 15) is 4.79 Å². The van der Waals surface area contributed by atoms with Crippen LogP contribution < -0.4 is 5.73 Å². The molecule has 0 radical (unpaired) electrons. The number of allylic oxidation sites excluding steroid dienone is 1. The number of benzene rings is 1. The minimum absolute atomic E-state index is 0.384. The number of anilines is 1. The molecule has 16 heavy (non-hydrogen) atoms. The first-order valence-corrected chi connectivity index (χ1v) is 5.34. The zero-order valence-corrected chi connectivity index (χ0v) is 10.0. The summed E-state index contributed by atoms with van der Waals surface area (Å²) in [6.07, 6.45) is 3.60. The Morgan fingerprint density at radius 1 is 1.56 bits per heavy atom. The van der Waals surface area contributed by atoms with Crippen LogP contribution >= 0.6 is 11.6 Å². The van der Waals surface area contributed by atoms with Gasteiger partial charge in [0.25, 0.3) is 0 Å². The largest absolute Gasteiger partial charge is 0.465 e. The summed E-state index contributed by atoms with van der Waals surface area (Å²) in [6.45, 7) is 1.79. The quantitative estimate of drug-likeness (QED) is 0.501. The summed E-state index contributed by atoms with van der Waals surface area (Å²) in [7, 11) is 1.35. The molecule has 0 atom stereocenters. The van der Waals surface area contributed by atoms with Crippen LogP contribution in [0.1, 0.15) is 21.5 Å². The van der Waals surface area contributed by atoms with Gasteiger partial charge in [0, 0.05) is 11.6 Å². The Bertz CT molecular complexity index is 427. The zero-order chi connectivity index (χ0) is 12.1. The molecule has 0 heterocycles. The smallest absolute Gasteiger partial charge is 0.338 e. The standard InChI is InChI=1S/C12H14ClNO2/c1-8-10(12(15)16-2)6-9(4-3-5-13)7-11(8)14/h3-4,6-7H,5,14H2,1-2H3. The number of alkyl halides is 1. The molecule has 1 rings (SSSR count). The summed E-state index contributed by atoms with van der Waals surface area (Å²) in [5.41, 5.74) is 8.43. The number of hydrogen-bond donors (Lipinski definition) is 1. The molecule has 0 aromatic heterocycles. The maximum absolute atomic E-state index is 11.5. The third-order valence-electron chi connectivity index (χ3n) is 2.27. The molecule has 0 bridgehead atoms. The molecular formula is C12H14ClNO2. The number of hydrogen-bond acceptors (Lipinski definition) is 3. The highest BCUT2D eigenvalue weighted by Gasteiger charge is 2.11. The summed E-state index contributed by atoms with van der Waals surface area (Å²) in [4.78, 5) is 11.5. The topological polar surface area (TPSA) is 52.3 Å². The molecule has 0 saturated heterocycles. The average molecular weight is 240 g/mol.